The molecule has 1 atom stereocenters. The van der Waals surface area contributed by atoms with Crippen molar-refractivity contribution >= 4 is 22.9 Å². The van der Waals surface area contributed by atoms with Crippen LogP contribution in [0.15, 0.2) is 84.5 Å². The van der Waals surface area contributed by atoms with Gasteiger partial charge in [-0.25, -0.2) is 5.43 Å². The van der Waals surface area contributed by atoms with E-state index in [1.165, 1.54) is 0 Å². The van der Waals surface area contributed by atoms with E-state index in [4.69, 9.17) is 9.47 Å². The average molecular weight is 374 g/mol. The summed E-state index contributed by atoms with van der Waals surface area (Å²) in [4.78, 5) is 12.3. The molecular weight excluding hydrogens is 352 g/mol. The number of carbonyl (C=O) groups is 1. The van der Waals surface area contributed by atoms with Gasteiger partial charge < -0.3 is 9.47 Å². The van der Waals surface area contributed by atoms with Crippen LogP contribution < -0.4 is 14.9 Å². The molecule has 142 valence electrons. The lowest BCUT2D eigenvalue weighted by Gasteiger charge is -2.13. The molecule has 28 heavy (non-hydrogen) atoms. The number of rotatable bonds is 8. The maximum Gasteiger partial charge on any atom is 0.280 e. The van der Waals surface area contributed by atoms with Gasteiger partial charge in [-0.3, -0.25) is 4.79 Å². The molecule has 0 aliphatic carbocycles. The molecule has 0 bridgehead atoms. The predicted molar refractivity (Wildman–Crippen MR) is 112 cm³/mol. The summed E-state index contributed by atoms with van der Waals surface area (Å²) in [7, 11) is 0. The van der Waals surface area contributed by atoms with Crippen LogP contribution in [0.5, 0.6) is 11.5 Å². The zero-order valence-corrected chi connectivity index (χ0v) is 15.7. The second-order valence-electron chi connectivity index (χ2n) is 6.14. The summed E-state index contributed by atoms with van der Waals surface area (Å²) in [5.41, 5.74) is 3.26. The first-order valence-corrected chi connectivity index (χ1v) is 8.98. The van der Waals surface area contributed by atoms with E-state index >= 15 is 0 Å². The largest absolute Gasteiger partial charge is 0.489 e. The fourth-order valence-electron chi connectivity index (χ4n) is 2.62. The number of nitrogens with zero attached hydrogens (tertiary/aromatic N) is 1. The number of nitrogens with one attached hydrogen (secondary N) is 1. The Kier molecular flexibility index (Phi) is 6.41. The molecule has 3 aromatic carbocycles. The SMILES string of the molecule is C=CCOc1ccccc1/C=N/NC(=O)C(C)Oc1ccc2ccccc2c1. The van der Waals surface area contributed by atoms with Crippen molar-refractivity contribution in [2.45, 2.75) is 13.0 Å². The van der Waals surface area contributed by atoms with Crippen LogP contribution in [0.2, 0.25) is 0 Å². The van der Waals surface area contributed by atoms with E-state index < -0.39 is 6.10 Å². The predicted octanol–water partition coefficient (Wildman–Crippen LogP) is 4.32. The van der Waals surface area contributed by atoms with Gasteiger partial charge in [-0.2, -0.15) is 5.10 Å². The van der Waals surface area contributed by atoms with Gasteiger partial charge in [-0.15, -0.1) is 0 Å². The number of fused-ring (bicyclic) bond motifs is 1. The van der Waals surface area contributed by atoms with Crippen molar-refractivity contribution in [2.24, 2.45) is 5.10 Å². The van der Waals surface area contributed by atoms with Gasteiger partial charge in [0.25, 0.3) is 5.91 Å². The minimum atomic E-state index is -0.689. The summed E-state index contributed by atoms with van der Waals surface area (Å²) < 4.78 is 11.3. The highest BCUT2D eigenvalue weighted by Crippen LogP contribution is 2.21. The molecule has 1 amide bonds. The van der Waals surface area contributed by atoms with Crippen LogP contribution in [-0.4, -0.2) is 24.8 Å². The van der Waals surface area contributed by atoms with Crippen molar-refractivity contribution in [3.63, 3.8) is 0 Å². The van der Waals surface area contributed by atoms with Gasteiger partial charge in [0.15, 0.2) is 6.10 Å². The molecule has 0 heterocycles. The van der Waals surface area contributed by atoms with Crippen LogP contribution >= 0.6 is 0 Å². The number of amides is 1. The average Bonchev–Trinajstić information content (AvgIpc) is 2.72. The van der Waals surface area contributed by atoms with Crippen molar-refractivity contribution in [1.82, 2.24) is 5.43 Å². The lowest BCUT2D eigenvalue weighted by atomic mass is 10.1. The van der Waals surface area contributed by atoms with Crippen molar-refractivity contribution in [3.05, 3.63) is 84.9 Å². The third kappa shape index (κ3) is 4.98. The van der Waals surface area contributed by atoms with Crippen LogP contribution in [0.4, 0.5) is 0 Å². The van der Waals surface area contributed by atoms with Crippen LogP contribution in [0.3, 0.4) is 0 Å². The van der Waals surface area contributed by atoms with Gasteiger partial charge in [-0.05, 0) is 42.0 Å². The molecule has 5 heteroatoms. The highest BCUT2D eigenvalue weighted by atomic mass is 16.5. The van der Waals surface area contributed by atoms with Crippen molar-refractivity contribution in [2.75, 3.05) is 6.61 Å². The van der Waals surface area contributed by atoms with Crippen LogP contribution in [0.25, 0.3) is 10.8 Å². The van der Waals surface area contributed by atoms with E-state index in [-0.39, 0.29) is 5.91 Å². The number of hydrazone groups is 1. The highest BCUT2D eigenvalue weighted by molar-refractivity contribution is 5.87. The van der Waals surface area contributed by atoms with E-state index in [1.807, 2.05) is 66.7 Å². The smallest absolute Gasteiger partial charge is 0.280 e. The molecule has 0 spiro atoms. The zero-order chi connectivity index (χ0) is 19.8. The van der Waals surface area contributed by atoms with Gasteiger partial charge in [0.05, 0.1) is 6.21 Å². The summed E-state index contributed by atoms with van der Waals surface area (Å²) in [5.74, 6) is 0.961. The molecule has 3 aromatic rings. The van der Waals surface area contributed by atoms with Crippen molar-refractivity contribution in [3.8, 4) is 11.5 Å². The molecule has 5 nitrogen and oxygen atoms in total. The molecule has 0 fully saturated rings. The molecule has 1 N–H and O–H groups in total. The summed E-state index contributed by atoms with van der Waals surface area (Å²) in [5, 5.41) is 6.19. The number of para-hydroxylation sites is 1. The lowest BCUT2D eigenvalue weighted by Crippen LogP contribution is -2.33. The van der Waals surface area contributed by atoms with Crippen LogP contribution in [-0.2, 0) is 4.79 Å². The summed E-state index contributed by atoms with van der Waals surface area (Å²) in [6, 6.07) is 21.1. The monoisotopic (exact) mass is 374 g/mol. The van der Waals surface area contributed by atoms with Gasteiger partial charge in [0.1, 0.15) is 18.1 Å². The van der Waals surface area contributed by atoms with Gasteiger partial charge in [0.2, 0.25) is 0 Å². The zero-order valence-electron chi connectivity index (χ0n) is 15.7. The standard InChI is InChI=1S/C23H22N2O3/c1-3-14-27-22-11-7-6-10-20(22)16-24-25-23(26)17(2)28-21-13-12-18-8-4-5-9-19(18)15-21/h3-13,15-17H,1,14H2,2H3,(H,25,26)/b24-16+. The van der Waals surface area contributed by atoms with Crippen LogP contribution in [0.1, 0.15) is 12.5 Å². The summed E-state index contributed by atoms with van der Waals surface area (Å²) in [6.45, 7) is 5.71. The van der Waals surface area contributed by atoms with E-state index in [2.05, 4.69) is 17.1 Å². The maximum absolute atomic E-state index is 12.3. The minimum Gasteiger partial charge on any atom is -0.489 e. The van der Waals surface area contributed by atoms with E-state index in [1.54, 1.807) is 19.2 Å². The fourth-order valence-corrected chi connectivity index (χ4v) is 2.62. The molecule has 0 aliphatic rings. The normalized spacial score (nSPS) is 11.9. The Balaban J connectivity index is 1.59. The quantitative estimate of drug-likeness (QED) is 0.363. The lowest BCUT2D eigenvalue weighted by molar-refractivity contribution is -0.127. The van der Waals surface area contributed by atoms with E-state index in [0.717, 1.165) is 16.3 Å². The molecule has 0 saturated carbocycles. The fraction of sp³-hybridized carbons (Fsp3) is 0.130. The van der Waals surface area contributed by atoms with E-state index in [9.17, 15) is 4.79 Å². The Hall–Kier alpha value is -3.60. The molecule has 1 unspecified atom stereocenters. The number of ether oxygens (including phenoxy) is 2. The van der Waals surface area contributed by atoms with Crippen molar-refractivity contribution in [1.29, 1.82) is 0 Å². The van der Waals surface area contributed by atoms with Gasteiger partial charge in [-0.1, -0.05) is 55.1 Å². The highest BCUT2D eigenvalue weighted by Gasteiger charge is 2.14. The number of hydrogen-bond donors (Lipinski definition) is 1. The van der Waals surface area contributed by atoms with Gasteiger partial charge in [0, 0.05) is 5.56 Å². The summed E-state index contributed by atoms with van der Waals surface area (Å²) >= 11 is 0. The van der Waals surface area contributed by atoms with Gasteiger partial charge >= 0.3 is 0 Å². The number of hydrogen-bond acceptors (Lipinski definition) is 4. The molecular formula is C23H22N2O3. The van der Waals surface area contributed by atoms with Crippen molar-refractivity contribution < 1.29 is 14.3 Å². The number of carbonyl (C=O) groups excluding carboxylic acids is 1. The van der Waals surface area contributed by atoms with Crippen LogP contribution in [0, 0.1) is 0 Å². The Morgan fingerprint density at radius 3 is 2.68 bits per heavy atom. The maximum atomic E-state index is 12.3. The molecule has 0 saturated heterocycles. The first-order chi connectivity index (χ1) is 13.7. The first kappa shape index (κ1) is 19.2. The topological polar surface area (TPSA) is 59.9 Å². The molecule has 0 aromatic heterocycles. The Morgan fingerprint density at radius 1 is 1.11 bits per heavy atom. The Morgan fingerprint density at radius 2 is 1.86 bits per heavy atom. The minimum absolute atomic E-state index is 0.339. The number of benzene rings is 3. The third-order valence-electron chi connectivity index (χ3n) is 4.06. The first-order valence-electron chi connectivity index (χ1n) is 8.98. The molecule has 0 aliphatic heterocycles. The third-order valence-corrected chi connectivity index (χ3v) is 4.06. The second kappa shape index (κ2) is 9.37. The second-order valence-corrected chi connectivity index (χ2v) is 6.14. The Labute approximate surface area is 164 Å². The molecule has 3 rings (SSSR count). The van der Waals surface area contributed by atoms with E-state index in [0.29, 0.717) is 18.1 Å². The molecule has 0 radical (unpaired) electrons. The Bertz CT molecular complexity index is 998. The summed E-state index contributed by atoms with van der Waals surface area (Å²) in [6.07, 6.45) is 2.52.